The zero-order chi connectivity index (χ0) is 9.68. The van der Waals surface area contributed by atoms with Gasteiger partial charge in [0.05, 0.1) is 0 Å². The molecule has 72 valence electrons. The Labute approximate surface area is 85.3 Å². The highest BCUT2D eigenvalue weighted by Gasteiger charge is 2.11. The van der Waals surface area contributed by atoms with Gasteiger partial charge in [-0.2, -0.15) is 0 Å². The fraction of sp³-hybridized carbons (Fsp3) is 0.455. The summed E-state index contributed by atoms with van der Waals surface area (Å²) < 4.78 is 0. The van der Waals surface area contributed by atoms with Gasteiger partial charge in [0.1, 0.15) is 5.50 Å². The van der Waals surface area contributed by atoms with E-state index in [1.807, 2.05) is 18.2 Å². The molecule has 0 bridgehead atoms. The predicted octanol–water partition coefficient (Wildman–Crippen LogP) is 3.49. The molecule has 1 atom stereocenters. The molecule has 0 heterocycles. The largest absolute Gasteiger partial charge is 0.355 e. The minimum Gasteiger partial charge on any atom is -0.355 e. The van der Waals surface area contributed by atoms with Gasteiger partial charge in [-0.15, -0.1) is 0 Å². The van der Waals surface area contributed by atoms with E-state index in [-0.39, 0.29) is 5.50 Å². The average Bonchev–Trinajstić information content (AvgIpc) is 2.20. The van der Waals surface area contributed by atoms with E-state index in [0.29, 0.717) is 0 Å². The molecule has 1 nitrogen and oxygen atoms in total. The Hall–Kier alpha value is -0.690. The van der Waals surface area contributed by atoms with Crippen molar-refractivity contribution in [3.8, 4) is 0 Å². The Morgan fingerprint density at radius 3 is 2.31 bits per heavy atom. The van der Waals surface area contributed by atoms with E-state index in [1.165, 1.54) is 5.69 Å². The molecule has 0 N–H and O–H groups in total. The molecule has 0 fully saturated rings. The maximum absolute atomic E-state index is 6.19. The summed E-state index contributed by atoms with van der Waals surface area (Å²) in [7, 11) is 0. The van der Waals surface area contributed by atoms with Crippen LogP contribution in [0.15, 0.2) is 30.3 Å². The van der Waals surface area contributed by atoms with Crippen LogP contribution in [0.3, 0.4) is 0 Å². The third kappa shape index (κ3) is 2.63. The summed E-state index contributed by atoms with van der Waals surface area (Å²) in [5.74, 6) is 0. The maximum Gasteiger partial charge on any atom is 0.103 e. The van der Waals surface area contributed by atoms with Gasteiger partial charge in [0.15, 0.2) is 0 Å². The first-order valence-electron chi connectivity index (χ1n) is 4.75. The number of halogens is 1. The second-order valence-electron chi connectivity index (χ2n) is 2.96. The zero-order valence-electron chi connectivity index (χ0n) is 8.20. The smallest absolute Gasteiger partial charge is 0.103 e. The van der Waals surface area contributed by atoms with Gasteiger partial charge in [-0.25, -0.2) is 0 Å². The van der Waals surface area contributed by atoms with Gasteiger partial charge in [0.2, 0.25) is 0 Å². The van der Waals surface area contributed by atoms with Crippen LogP contribution in [0, 0.1) is 0 Å². The van der Waals surface area contributed by atoms with E-state index >= 15 is 0 Å². The molecular weight excluding hydrogens is 182 g/mol. The van der Waals surface area contributed by atoms with Crippen LogP contribution in [0.25, 0.3) is 0 Å². The van der Waals surface area contributed by atoms with Crippen molar-refractivity contribution >= 4 is 17.3 Å². The fourth-order valence-electron chi connectivity index (χ4n) is 1.38. The Morgan fingerprint density at radius 2 is 1.85 bits per heavy atom. The molecule has 1 aromatic carbocycles. The van der Waals surface area contributed by atoms with Crippen LogP contribution >= 0.6 is 11.6 Å². The number of hydrogen-bond donors (Lipinski definition) is 0. The van der Waals surface area contributed by atoms with Crippen LogP contribution in [0.2, 0.25) is 0 Å². The second-order valence-corrected chi connectivity index (χ2v) is 3.47. The molecule has 0 amide bonds. The molecule has 0 saturated heterocycles. The van der Waals surface area contributed by atoms with E-state index in [0.717, 1.165) is 13.0 Å². The van der Waals surface area contributed by atoms with E-state index in [9.17, 15) is 0 Å². The molecule has 1 rings (SSSR count). The molecule has 2 heteroatoms. The monoisotopic (exact) mass is 197 g/mol. The number of hydrogen-bond acceptors (Lipinski definition) is 1. The molecule has 0 aliphatic heterocycles. The van der Waals surface area contributed by atoms with Crippen LogP contribution in [-0.2, 0) is 0 Å². The number of rotatable bonds is 4. The Morgan fingerprint density at radius 1 is 1.23 bits per heavy atom. The Balaban J connectivity index is 2.78. The minimum atomic E-state index is 0.104. The van der Waals surface area contributed by atoms with Crippen LogP contribution in [0.4, 0.5) is 5.69 Å². The van der Waals surface area contributed by atoms with E-state index in [1.54, 1.807) is 0 Å². The third-order valence-corrected chi connectivity index (χ3v) is 2.65. The van der Waals surface area contributed by atoms with Crippen LogP contribution in [-0.4, -0.2) is 12.0 Å². The van der Waals surface area contributed by atoms with Crippen molar-refractivity contribution in [3.63, 3.8) is 0 Å². The van der Waals surface area contributed by atoms with Crippen molar-refractivity contribution in [2.75, 3.05) is 11.4 Å². The summed E-state index contributed by atoms with van der Waals surface area (Å²) in [5.41, 5.74) is 1.30. The van der Waals surface area contributed by atoms with Crippen molar-refractivity contribution in [2.45, 2.75) is 25.8 Å². The van der Waals surface area contributed by atoms with Gasteiger partial charge < -0.3 is 4.90 Å². The highest BCUT2D eigenvalue weighted by atomic mass is 35.5. The normalized spacial score (nSPS) is 12.5. The number of benzene rings is 1. The first kappa shape index (κ1) is 10.4. The summed E-state index contributed by atoms with van der Waals surface area (Å²) in [6.45, 7) is 5.17. The third-order valence-electron chi connectivity index (χ3n) is 2.10. The zero-order valence-corrected chi connectivity index (χ0v) is 8.96. The summed E-state index contributed by atoms with van der Waals surface area (Å²) >= 11 is 6.19. The highest BCUT2D eigenvalue weighted by Crippen LogP contribution is 2.19. The number of para-hydroxylation sites is 1. The topological polar surface area (TPSA) is 3.24 Å². The van der Waals surface area contributed by atoms with Crippen molar-refractivity contribution < 1.29 is 0 Å². The van der Waals surface area contributed by atoms with Crippen molar-refractivity contribution in [3.05, 3.63) is 30.3 Å². The van der Waals surface area contributed by atoms with Crippen molar-refractivity contribution in [1.82, 2.24) is 0 Å². The highest BCUT2D eigenvalue weighted by molar-refractivity contribution is 6.21. The molecule has 0 radical (unpaired) electrons. The quantitative estimate of drug-likeness (QED) is 0.528. The first-order valence-corrected chi connectivity index (χ1v) is 5.19. The minimum absolute atomic E-state index is 0.104. The van der Waals surface area contributed by atoms with Crippen LogP contribution in [0.1, 0.15) is 20.3 Å². The number of nitrogens with zero attached hydrogens (tertiary/aromatic N) is 1. The molecule has 13 heavy (non-hydrogen) atoms. The van der Waals surface area contributed by atoms with Gasteiger partial charge >= 0.3 is 0 Å². The van der Waals surface area contributed by atoms with Gasteiger partial charge in [-0.05, 0) is 25.5 Å². The van der Waals surface area contributed by atoms with Crippen molar-refractivity contribution in [1.29, 1.82) is 0 Å². The molecule has 0 aliphatic carbocycles. The molecular formula is C11H16ClN. The van der Waals surface area contributed by atoms with Crippen molar-refractivity contribution in [2.24, 2.45) is 0 Å². The lowest BCUT2D eigenvalue weighted by molar-refractivity contribution is 0.736. The molecule has 1 aromatic rings. The maximum atomic E-state index is 6.19. The summed E-state index contributed by atoms with van der Waals surface area (Å²) in [4.78, 5) is 2.20. The van der Waals surface area contributed by atoms with Crippen LogP contribution in [0.5, 0.6) is 0 Å². The second kappa shape index (κ2) is 5.13. The summed E-state index contributed by atoms with van der Waals surface area (Å²) in [6.07, 6.45) is 0.963. The van der Waals surface area contributed by atoms with Gasteiger partial charge in [-0.3, -0.25) is 0 Å². The van der Waals surface area contributed by atoms with E-state index in [2.05, 4.69) is 30.9 Å². The summed E-state index contributed by atoms with van der Waals surface area (Å²) in [5, 5.41) is 0. The Kier molecular flexibility index (Phi) is 4.10. The van der Waals surface area contributed by atoms with Gasteiger partial charge in [0.25, 0.3) is 0 Å². The van der Waals surface area contributed by atoms with E-state index < -0.39 is 0 Å². The fourth-order valence-corrected chi connectivity index (χ4v) is 1.63. The molecule has 0 aliphatic rings. The lowest BCUT2D eigenvalue weighted by atomic mass is 10.2. The lowest BCUT2D eigenvalue weighted by Crippen LogP contribution is -2.30. The number of anilines is 1. The first-order chi connectivity index (χ1) is 6.29. The summed E-state index contributed by atoms with van der Waals surface area (Å²) in [6, 6.07) is 10.3. The number of alkyl halides is 1. The Bertz CT molecular complexity index is 235. The molecule has 0 saturated carbocycles. The van der Waals surface area contributed by atoms with E-state index in [4.69, 9.17) is 11.6 Å². The average molecular weight is 198 g/mol. The lowest BCUT2D eigenvalue weighted by Gasteiger charge is -2.27. The predicted molar refractivity (Wildman–Crippen MR) is 59.4 cm³/mol. The SMILES string of the molecule is CCC(Cl)N(CC)c1ccccc1. The van der Waals surface area contributed by atoms with Gasteiger partial charge in [0, 0.05) is 12.2 Å². The molecule has 1 unspecified atom stereocenters. The molecule has 0 spiro atoms. The van der Waals surface area contributed by atoms with Gasteiger partial charge in [-0.1, -0.05) is 36.7 Å². The standard InChI is InChI=1S/C11H16ClN/c1-3-11(12)13(4-2)10-8-6-5-7-9-10/h5-9,11H,3-4H2,1-2H3. The van der Waals surface area contributed by atoms with Crippen LogP contribution < -0.4 is 4.90 Å². The molecule has 0 aromatic heterocycles.